The third-order valence-electron chi connectivity index (χ3n) is 0.981. The van der Waals surface area contributed by atoms with Gasteiger partial charge >= 0.3 is 5.97 Å². The van der Waals surface area contributed by atoms with Gasteiger partial charge in [0.15, 0.2) is 0 Å². The zero-order valence-electron chi connectivity index (χ0n) is 5.50. The second-order valence-electron chi connectivity index (χ2n) is 1.79. The molecule has 1 heterocycles. The minimum absolute atomic E-state index is 0. The van der Waals surface area contributed by atoms with E-state index >= 15 is 0 Å². The molecule has 1 rings (SSSR count). The molecule has 0 radical (unpaired) electrons. The predicted octanol–water partition coefficient (Wildman–Crippen LogP) is 0.227. The lowest BCUT2D eigenvalue weighted by atomic mass is 10.5. The summed E-state index contributed by atoms with van der Waals surface area (Å²) in [6.45, 7) is 4.32. The Morgan fingerprint density at radius 2 is 2.50 bits per heavy atom. The Hall–Kier alpha value is -0.480. The molecule has 10 heavy (non-hydrogen) atoms. The van der Waals surface area contributed by atoms with Gasteiger partial charge in [-0.1, -0.05) is 6.58 Å². The number of hydrogen-bond acceptors (Lipinski definition) is 3. The standard InChI is InChI=1S/C6H8O3.H2S/c1-2-6(7)9-4-5-3-8-5;/h2,5H,1,3-4H2;1H2. The van der Waals surface area contributed by atoms with Crippen molar-refractivity contribution in [3.63, 3.8) is 0 Å². The topological polar surface area (TPSA) is 38.8 Å². The highest BCUT2D eigenvalue weighted by atomic mass is 32.1. The Bertz CT molecular complexity index is 131. The van der Waals surface area contributed by atoms with E-state index in [0.717, 1.165) is 6.08 Å². The van der Waals surface area contributed by atoms with Crippen LogP contribution < -0.4 is 0 Å². The highest BCUT2D eigenvalue weighted by Crippen LogP contribution is 2.08. The fourth-order valence-electron chi connectivity index (χ4n) is 0.398. The summed E-state index contributed by atoms with van der Waals surface area (Å²) in [5.41, 5.74) is 0. The van der Waals surface area contributed by atoms with Crippen molar-refractivity contribution < 1.29 is 14.3 Å². The molecule has 58 valence electrons. The summed E-state index contributed by atoms with van der Waals surface area (Å²) in [7, 11) is 0. The van der Waals surface area contributed by atoms with Crippen molar-refractivity contribution in [2.45, 2.75) is 6.10 Å². The van der Waals surface area contributed by atoms with E-state index in [4.69, 9.17) is 4.74 Å². The van der Waals surface area contributed by atoms with Crippen molar-refractivity contribution in [3.8, 4) is 0 Å². The molecule has 0 aromatic carbocycles. The smallest absolute Gasteiger partial charge is 0.330 e. The molecule has 0 aromatic rings. The van der Waals surface area contributed by atoms with Gasteiger partial charge in [-0.3, -0.25) is 0 Å². The summed E-state index contributed by atoms with van der Waals surface area (Å²) in [6.07, 6.45) is 1.29. The van der Waals surface area contributed by atoms with Gasteiger partial charge in [0, 0.05) is 6.08 Å². The summed E-state index contributed by atoms with van der Waals surface area (Å²) in [5, 5.41) is 0. The molecule has 0 spiro atoms. The molecule has 1 saturated heterocycles. The van der Waals surface area contributed by atoms with E-state index in [1.54, 1.807) is 0 Å². The van der Waals surface area contributed by atoms with Crippen LogP contribution >= 0.6 is 13.5 Å². The quantitative estimate of drug-likeness (QED) is 0.339. The van der Waals surface area contributed by atoms with Crippen molar-refractivity contribution in [1.82, 2.24) is 0 Å². The van der Waals surface area contributed by atoms with Gasteiger partial charge in [-0.2, -0.15) is 13.5 Å². The molecule has 0 aliphatic carbocycles. The highest BCUT2D eigenvalue weighted by Gasteiger charge is 2.23. The molecule has 1 atom stereocenters. The molecule has 0 aromatic heterocycles. The Morgan fingerprint density at radius 3 is 2.90 bits per heavy atom. The van der Waals surface area contributed by atoms with Crippen LogP contribution in [0.1, 0.15) is 0 Å². The molecule has 1 aliphatic heterocycles. The van der Waals surface area contributed by atoms with Crippen molar-refractivity contribution in [3.05, 3.63) is 12.7 Å². The van der Waals surface area contributed by atoms with Crippen molar-refractivity contribution in [2.75, 3.05) is 13.2 Å². The lowest BCUT2D eigenvalue weighted by molar-refractivity contribution is -0.138. The van der Waals surface area contributed by atoms with Gasteiger partial charge in [-0.25, -0.2) is 4.79 Å². The Morgan fingerprint density at radius 1 is 1.90 bits per heavy atom. The molecule has 0 N–H and O–H groups in total. The van der Waals surface area contributed by atoms with Gasteiger partial charge in [0.2, 0.25) is 0 Å². The van der Waals surface area contributed by atoms with Gasteiger partial charge in [0.1, 0.15) is 12.7 Å². The van der Waals surface area contributed by atoms with E-state index in [2.05, 4.69) is 11.3 Å². The summed E-state index contributed by atoms with van der Waals surface area (Å²) in [6, 6.07) is 0. The monoisotopic (exact) mass is 162 g/mol. The summed E-state index contributed by atoms with van der Waals surface area (Å²) >= 11 is 0. The molecular weight excluding hydrogens is 152 g/mol. The van der Waals surface area contributed by atoms with Crippen molar-refractivity contribution in [1.29, 1.82) is 0 Å². The lowest BCUT2D eigenvalue weighted by Crippen LogP contribution is -2.06. The second kappa shape index (κ2) is 4.35. The van der Waals surface area contributed by atoms with Crippen LogP contribution in [0.15, 0.2) is 12.7 Å². The highest BCUT2D eigenvalue weighted by molar-refractivity contribution is 7.59. The van der Waals surface area contributed by atoms with Gasteiger partial charge in [0.05, 0.1) is 6.61 Å². The number of esters is 1. The molecule has 1 aliphatic rings. The van der Waals surface area contributed by atoms with Gasteiger partial charge in [-0.05, 0) is 0 Å². The minimum Gasteiger partial charge on any atom is -0.460 e. The van der Waals surface area contributed by atoms with Crippen molar-refractivity contribution in [2.24, 2.45) is 0 Å². The van der Waals surface area contributed by atoms with E-state index in [0.29, 0.717) is 13.2 Å². The first kappa shape index (κ1) is 9.52. The van der Waals surface area contributed by atoms with Crippen molar-refractivity contribution >= 4 is 19.5 Å². The molecule has 0 amide bonds. The van der Waals surface area contributed by atoms with E-state index < -0.39 is 0 Å². The van der Waals surface area contributed by atoms with E-state index in [9.17, 15) is 4.79 Å². The average molecular weight is 162 g/mol. The van der Waals surface area contributed by atoms with E-state index in [1.165, 1.54) is 0 Å². The van der Waals surface area contributed by atoms with Crippen LogP contribution in [0.5, 0.6) is 0 Å². The van der Waals surface area contributed by atoms with Crippen LogP contribution in [0.2, 0.25) is 0 Å². The number of carbonyl (C=O) groups excluding carboxylic acids is 1. The minimum atomic E-state index is -0.384. The molecule has 4 heteroatoms. The summed E-state index contributed by atoms with van der Waals surface area (Å²) < 4.78 is 9.42. The summed E-state index contributed by atoms with van der Waals surface area (Å²) in [4.78, 5) is 10.3. The number of rotatable bonds is 3. The maximum atomic E-state index is 10.3. The average Bonchev–Trinajstić information content (AvgIpc) is 2.65. The van der Waals surface area contributed by atoms with Crippen LogP contribution in [-0.4, -0.2) is 25.3 Å². The largest absolute Gasteiger partial charge is 0.460 e. The van der Waals surface area contributed by atoms with Crippen LogP contribution in [-0.2, 0) is 14.3 Å². The fraction of sp³-hybridized carbons (Fsp3) is 0.500. The first-order valence-electron chi connectivity index (χ1n) is 2.73. The normalized spacial score (nSPS) is 20.6. The third kappa shape index (κ3) is 3.53. The van der Waals surface area contributed by atoms with Gasteiger partial charge in [0.25, 0.3) is 0 Å². The Balaban J connectivity index is 0.000000810. The molecule has 3 nitrogen and oxygen atoms in total. The molecule has 0 saturated carbocycles. The molecular formula is C6H10O3S. The fourth-order valence-corrected chi connectivity index (χ4v) is 0.398. The molecule has 0 bridgehead atoms. The number of hydrogen-bond donors (Lipinski definition) is 0. The van der Waals surface area contributed by atoms with Crippen LogP contribution in [0, 0.1) is 0 Å². The zero-order chi connectivity index (χ0) is 6.69. The molecule has 1 fully saturated rings. The van der Waals surface area contributed by atoms with Gasteiger partial charge in [-0.15, -0.1) is 0 Å². The first-order valence-corrected chi connectivity index (χ1v) is 2.73. The maximum Gasteiger partial charge on any atom is 0.330 e. The number of carbonyl (C=O) groups is 1. The number of ether oxygens (including phenoxy) is 2. The lowest BCUT2D eigenvalue weighted by Gasteiger charge is -1.94. The maximum absolute atomic E-state index is 10.3. The van der Waals surface area contributed by atoms with Crippen LogP contribution in [0.4, 0.5) is 0 Å². The Kier molecular flexibility index (Phi) is 4.14. The predicted molar refractivity (Wildman–Crippen MR) is 41.3 cm³/mol. The summed E-state index contributed by atoms with van der Waals surface area (Å²) in [5.74, 6) is -0.384. The SMILES string of the molecule is C=CC(=O)OCC1CO1.S. The van der Waals surface area contributed by atoms with Gasteiger partial charge < -0.3 is 9.47 Å². The third-order valence-corrected chi connectivity index (χ3v) is 0.981. The zero-order valence-corrected chi connectivity index (χ0v) is 6.50. The Labute approximate surface area is 66.4 Å². The molecule has 1 unspecified atom stereocenters. The van der Waals surface area contributed by atoms with E-state index in [1.807, 2.05) is 0 Å². The van der Waals surface area contributed by atoms with E-state index in [-0.39, 0.29) is 25.6 Å². The number of epoxide rings is 1. The second-order valence-corrected chi connectivity index (χ2v) is 1.79. The first-order chi connectivity index (χ1) is 4.33. The van der Waals surface area contributed by atoms with Crippen LogP contribution in [0.3, 0.4) is 0 Å². The van der Waals surface area contributed by atoms with Crippen LogP contribution in [0.25, 0.3) is 0 Å².